The molecule has 0 radical (unpaired) electrons. The molecule has 4 heteroatoms. The fourth-order valence-corrected chi connectivity index (χ4v) is 3.44. The Morgan fingerprint density at radius 3 is 2.89 bits per heavy atom. The number of thioether (sulfide) groups is 1. The lowest BCUT2D eigenvalue weighted by molar-refractivity contribution is -0.142. The van der Waals surface area contributed by atoms with Crippen molar-refractivity contribution in [3.8, 4) is 0 Å². The smallest absolute Gasteiger partial charge is 0.320 e. The van der Waals surface area contributed by atoms with Crippen LogP contribution in [0.15, 0.2) is 23.1 Å². The lowest BCUT2D eigenvalue weighted by Crippen LogP contribution is -2.37. The van der Waals surface area contributed by atoms with Crippen molar-refractivity contribution in [3.05, 3.63) is 29.3 Å². The predicted molar refractivity (Wildman–Crippen MR) is 78.9 cm³/mol. The van der Waals surface area contributed by atoms with Gasteiger partial charge in [0.25, 0.3) is 0 Å². The highest BCUT2D eigenvalue weighted by molar-refractivity contribution is 7.99. The molecule has 0 saturated carbocycles. The molecule has 1 fully saturated rings. The molecule has 0 bridgehead atoms. The van der Waals surface area contributed by atoms with Crippen LogP contribution in [-0.4, -0.2) is 40.9 Å². The zero-order valence-electron chi connectivity index (χ0n) is 11.6. The number of carboxylic acids is 1. The largest absolute Gasteiger partial charge is 0.480 e. The average molecular weight is 279 g/mol. The van der Waals surface area contributed by atoms with Crippen molar-refractivity contribution >= 4 is 17.7 Å². The third kappa shape index (κ3) is 3.74. The Morgan fingerprint density at radius 2 is 2.21 bits per heavy atom. The Balaban J connectivity index is 1.83. The molecule has 104 valence electrons. The minimum absolute atomic E-state index is 0.264. The van der Waals surface area contributed by atoms with Crippen molar-refractivity contribution in [3.63, 3.8) is 0 Å². The van der Waals surface area contributed by atoms with E-state index in [1.54, 1.807) is 0 Å². The molecule has 0 aliphatic carbocycles. The van der Waals surface area contributed by atoms with E-state index >= 15 is 0 Å². The lowest BCUT2D eigenvalue weighted by atomic mass is 10.1. The molecular formula is C15H21NO2S. The van der Waals surface area contributed by atoms with Crippen molar-refractivity contribution in [1.82, 2.24) is 4.90 Å². The van der Waals surface area contributed by atoms with Crippen LogP contribution in [-0.2, 0) is 4.79 Å². The van der Waals surface area contributed by atoms with Gasteiger partial charge in [0, 0.05) is 17.2 Å². The molecule has 1 atom stereocenters. The summed E-state index contributed by atoms with van der Waals surface area (Å²) in [7, 11) is 0. The first-order chi connectivity index (χ1) is 9.08. The van der Waals surface area contributed by atoms with Crippen LogP contribution in [0.1, 0.15) is 24.0 Å². The highest BCUT2D eigenvalue weighted by Gasteiger charge is 2.29. The summed E-state index contributed by atoms with van der Waals surface area (Å²) in [4.78, 5) is 14.4. The van der Waals surface area contributed by atoms with E-state index in [4.69, 9.17) is 5.11 Å². The van der Waals surface area contributed by atoms with E-state index in [9.17, 15) is 4.79 Å². The van der Waals surface area contributed by atoms with Crippen LogP contribution < -0.4 is 0 Å². The zero-order valence-corrected chi connectivity index (χ0v) is 12.4. The maximum atomic E-state index is 11.1. The van der Waals surface area contributed by atoms with E-state index in [-0.39, 0.29) is 6.04 Å². The van der Waals surface area contributed by atoms with E-state index < -0.39 is 5.97 Å². The molecule has 1 N–H and O–H groups in total. The topological polar surface area (TPSA) is 40.5 Å². The van der Waals surface area contributed by atoms with Crippen LogP contribution in [0.5, 0.6) is 0 Å². The van der Waals surface area contributed by atoms with Gasteiger partial charge in [0.2, 0.25) is 0 Å². The summed E-state index contributed by atoms with van der Waals surface area (Å²) in [5.74, 6) is 0.278. The van der Waals surface area contributed by atoms with Crippen molar-refractivity contribution < 1.29 is 9.90 Å². The number of carbonyl (C=O) groups is 1. The van der Waals surface area contributed by atoms with Crippen LogP contribution in [0.25, 0.3) is 0 Å². The highest BCUT2D eigenvalue weighted by atomic mass is 32.2. The first kappa shape index (κ1) is 14.4. The molecule has 1 aliphatic rings. The number of hydrogen-bond donors (Lipinski definition) is 1. The van der Waals surface area contributed by atoms with E-state index in [1.807, 2.05) is 11.8 Å². The monoisotopic (exact) mass is 279 g/mol. The number of aryl methyl sites for hydroxylation is 2. The molecule has 1 aromatic rings. The third-order valence-electron chi connectivity index (χ3n) is 3.77. The Bertz CT molecular complexity index is 461. The van der Waals surface area contributed by atoms with Crippen LogP contribution in [0.4, 0.5) is 0 Å². The number of nitrogens with zero attached hydrogens (tertiary/aromatic N) is 1. The molecule has 0 spiro atoms. The molecule has 1 heterocycles. The van der Waals surface area contributed by atoms with E-state index in [0.717, 1.165) is 31.7 Å². The molecule has 1 unspecified atom stereocenters. The molecular weight excluding hydrogens is 258 g/mol. The van der Waals surface area contributed by atoms with Crippen molar-refractivity contribution in [2.24, 2.45) is 0 Å². The van der Waals surface area contributed by atoms with Gasteiger partial charge in [-0.3, -0.25) is 9.69 Å². The fraction of sp³-hybridized carbons (Fsp3) is 0.533. The fourth-order valence-electron chi connectivity index (χ4n) is 2.46. The molecule has 2 rings (SSSR count). The standard InChI is InChI=1S/C15H21NO2S/c1-11-5-6-13(10-12(11)2)19-9-8-16-7-3-4-14(16)15(17)18/h5-6,10,14H,3-4,7-9H2,1-2H3,(H,17,18). The third-order valence-corrected chi connectivity index (χ3v) is 4.75. The summed E-state index contributed by atoms with van der Waals surface area (Å²) in [5.41, 5.74) is 2.63. The summed E-state index contributed by atoms with van der Waals surface area (Å²) in [5, 5.41) is 9.12. The Morgan fingerprint density at radius 1 is 1.42 bits per heavy atom. The van der Waals surface area contributed by atoms with E-state index in [2.05, 4.69) is 36.9 Å². The molecule has 3 nitrogen and oxygen atoms in total. The average Bonchev–Trinajstić information content (AvgIpc) is 2.82. The summed E-state index contributed by atoms with van der Waals surface area (Å²) < 4.78 is 0. The van der Waals surface area contributed by atoms with E-state index in [0.29, 0.717) is 0 Å². The van der Waals surface area contributed by atoms with Crippen LogP contribution in [0.3, 0.4) is 0 Å². The van der Waals surface area contributed by atoms with Gasteiger partial charge in [-0.25, -0.2) is 0 Å². The van der Waals surface area contributed by atoms with Gasteiger partial charge in [-0.05, 0) is 56.5 Å². The SMILES string of the molecule is Cc1ccc(SCCN2CCCC2C(=O)O)cc1C. The van der Waals surface area contributed by atoms with Crippen LogP contribution in [0.2, 0.25) is 0 Å². The number of aliphatic carboxylic acids is 1. The first-order valence-electron chi connectivity index (χ1n) is 6.75. The van der Waals surface area contributed by atoms with Gasteiger partial charge in [0.05, 0.1) is 0 Å². The number of benzene rings is 1. The van der Waals surface area contributed by atoms with Crippen LogP contribution in [0, 0.1) is 13.8 Å². The van der Waals surface area contributed by atoms with Gasteiger partial charge in [-0.2, -0.15) is 0 Å². The molecule has 1 saturated heterocycles. The summed E-state index contributed by atoms with van der Waals surface area (Å²) in [6.07, 6.45) is 1.80. The molecule has 1 aromatic carbocycles. The second-order valence-corrected chi connectivity index (χ2v) is 6.30. The quantitative estimate of drug-likeness (QED) is 0.841. The summed E-state index contributed by atoms with van der Waals surface area (Å²) in [6.45, 7) is 6.02. The molecule has 19 heavy (non-hydrogen) atoms. The second-order valence-electron chi connectivity index (χ2n) is 5.13. The van der Waals surface area contributed by atoms with Gasteiger partial charge in [-0.15, -0.1) is 11.8 Å². The minimum atomic E-state index is -0.673. The van der Waals surface area contributed by atoms with Crippen molar-refractivity contribution in [2.75, 3.05) is 18.8 Å². The van der Waals surface area contributed by atoms with Gasteiger partial charge < -0.3 is 5.11 Å². The summed E-state index contributed by atoms with van der Waals surface area (Å²) >= 11 is 1.81. The first-order valence-corrected chi connectivity index (χ1v) is 7.73. The Labute approximate surface area is 119 Å². The van der Waals surface area contributed by atoms with Crippen molar-refractivity contribution in [1.29, 1.82) is 0 Å². The second kappa shape index (κ2) is 6.44. The normalized spacial score (nSPS) is 19.8. The molecule has 1 aliphatic heterocycles. The van der Waals surface area contributed by atoms with E-state index in [1.165, 1.54) is 16.0 Å². The predicted octanol–water partition coefficient (Wildman–Crippen LogP) is 2.94. The number of rotatable bonds is 5. The minimum Gasteiger partial charge on any atom is -0.480 e. The number of hydrogen-bond acceptors (Lipinski definition) is 3. The zero-order chi connectivity index (χ0) is 13.8. The maximum absolute atomic E-state index is 11.1. The van der Waals surface area contributed by atoms with Crippen LogP contribution >= 0.6 is 11.8 Å². The Kier molecular flexibility index (Phi) is 4.88. The lowest BCUT2D eigenvalue weighted by Gasteiger charge is -2.20. The van der Waals surface area contributed by atoms with Gasteiger partial charge in [0.15, 0.2) is 0 Å². The van der Waals surface area contributed by atoms with Gasteiger partial charge in [-0.1, -0.05) is 6.07 Å². The molecule has 0 amide bonds. The molecule has 0 aromatic heterocycles. The van der Waals surface area contributed by atoms with Gasteiger partial charge in [0.1, 0.15) is 6.04 Å². The number of carboxylic acid groups (broad SMARTS) is 1. The van der Waals surface area contributed by atoms with Gasteiger partial charge >= 0.3 is 5.97 Å². The maximum Gasteiger partial charge on any atom is 0.320 e. The Hall–Kier alpha value is -1.00. The number of likely N-dealkylation sites (tertiary alicyclic amines) is 1. The summed E-state index contributed by atoms with van der Waals surface area (Å²) in [6, 6.07) is 6.23. The van der Waals surface area contributed by atoms with Crippen molar-refractivity contribution in [2.45, 2.75) is 37.6 Å². The highest BCUT2D eigenvalue weighted by Crippen LogP contribution is 2.23.